The van der Waals surface area contributed by atoms with Crippen LogP contribution in [0.5, 0.6) is 5.75 Å². The fourth-order valence-corrected chi connectivity index (χ4v) is 4.90. The molecule has 36 heavy (non-hydrogen) atoms. The fourth-order valence-electron chi connectivity index (χ4n) is 3.95. The zero-order valence-electron chi connectivity index (χ0n) is 19.9. The summed E-state index contributed by atoms with van der Waals surface area (Å²) >= 11 is 1.68. The average molecular weight is 495 g/mol. The molecular weight excluding hydrogens is 468 g/mol. The summed E-state index contributed by atoms with van der Waals surface area (Å²) < 4.78 is 7.53. The number of pyridine rings is 1. The summed E-state index contributed by atoms with van der Waals surface area (Å²) in [7, 11) is 1.68. The van der Waals surface area contributed by atoms with Crippen molar-refractivity contribution in [2.45, 2.75) is 24.0 Å². The minimum atomic E-state index is -0.0859. The molecule has 0 saturated carbocycles. The number of benzene rings is 3. The molecule has 1 N–H and O–H groups in total. The van der Waals surface area contributed by atoms with Crippen LogP contribution in [0.3, 0.4) is 0 Å². The summed E-state index contributed by atoms with van der Waals surface area (Å²) in [6, 6.07) is 27.6. The zero-order valence-corrected chi connectivity index (χ0v) is 20.7. The molecule has 0 aliphatic carbocycles. The summed E-state index contributed by atoms with van der Waals surface area (Å²) in [4.78, 5) is 21.8. The number of aromatic nitrogens is 3. The lowest BCUT2D eigenvalue weighted by atomic mass is 10.1. The van der Waals surface area contributed by atoms with Gasteiger partial charge in [0.2, 0.25) is 0 Å². The number of ether oxygens (including phenoxy) is 1. The molecule has 0 aliphatic rings. The van der Waals surface area contributed by atoms with E-state index in [9.17, 15) is 4.79 Å². The second-order valence-electron chi connectivity index (χ2n) is 8.35. The average Bonchev–Trinajstić information content (AvgIpc) is 3.28. The van der Waals surface area contributed by atoms with Gasteiger partial charge in [-0.05, 0) is 47.0 Å². The molecule has 2 aromatic heterocycles. The molecule has 0 atom stereocenters. The van der Waals surface area contributed by atoms with Gasteiger partial charge in [-0.15, -0.1) is 0 Å². The maximum atomic E-state index is 12.6. The third-order valence-electron chi connectivity index (χ3n) is 5.87. The quantitative estimate of drug-likeness (QED) is 0.266. The summed E-state index contributed by atoms with van der Waals surface area (Å²) in [5.74, 6) is 1.53. The van der Waals surface area contributed by atoms with Crippen molar-refractivity contribution in [2.24, 2.45) is 0 Å². The SMILES string of the molecule is COc1cccc(CSc2nc3ccncc3n2Cc2ccc(C(=O)NCc3ccccc3)cc2)c1. The first-order valence-corrected chi connectivity index (χ1v) is 12.7. The van der Waals surface area contributed by atoms with E-state index in [2.05, 4.69) is 20.9 Å². The number of methoxy groups -OCH3 is 1. The molecular formula is C29H26N4O2S. The highest BCUT2D eigenvalue weighted by molar-refractivity contribution is 7.98. The first-order chi connectivity index (χ1) is 17.7. The van der Waals surface area contributed by atoms with E-state index in [1.807, 2.05) is 85.1 Å². The highest BCUT2D eigenvalue weighted by Gasteiger charge is 2.13. The molecule has 0 spiro atoms. The van der Waals surface area contributed by atoms with Crippen LogP contribution in [0.4, 0.5) is 0 Å². The van der Waals surface area contributed by atoms with Gasteiger partial charge in [-0.25, -0.2) is 4.98 Å². The van der Waals surface area contributed by atoms with Gasteiger partial charge in [0.25, 0.3) is 5.91 Å². The summed E-state index contributed by atoms with van der Waals surface area (Å²) in [5.41, 5.74) is 5.86. The van der Waals surface area contributed by atoms with E-state index in [1.54, 1.807) is 25.1 Å². The van der Waals surface area contributed by atoms with Gasteiger partial charge in [-0.1, -0.05) is 66.4 Å². The maximum absolute atomic E-state index is 12.6. The second kappa shape index (κ2) is 11.1. The predicted molar refractivity (Wildman–Crippen MR) is 143 cm³/mol. The van der Waals surface area contributed by atoms with Crippen LogP contribution in [0, 0.1) is 0 Å². The second-order valence-corrected chi connectivity index (χ2v) is 9.29. The van der Waals surface area contributed by atoms with Crippen molar-refractivity contribution >= 4 is 28.7 Å². The number of carbonyl (C=O) groups is 1. The lowest BCUT2D eigenvalue weighted by molar-refractivity contribution is 0.0951. The topological polar surface area (TPSA) is 69.0 Å². The van der Waals surface area contributed by atoms with Crippen molar-refractivity contribution in [3.63, 3.8) is 0 Å². The lowest BCUT2D eigenvalue weighted by Crippen LogP contribution is -2.22. The summed E-state index contributed by atoms with van der Waals surface area (Å²) in [6.45, 7) is 1.14. The molecule has 6 nitrogen and oxygen atoms in total. The van der Waals surface area contributed by atoms with Crippen molar-refractivity contribution in [3.8, 4) is 5.75 Å². The molecule has 3 aromatic carbocycles. The Morgan fingerprint density at radius 2 is 1.75 bits per heavy atom. The Morgan fingerprint density at radius 3 is 2.56 bits per heavy atom. The Balaban J connectivity index is 1.31. The van der Waals surface area contributed by atoms with Crippen molar-refractivity contribution < 1.29 is 9.53 Å². The Morgan fingerprint density at radius 1 is 0.944 bits per heavy atom. The number of fused-ring (bicyclic) bond motifs is 1. The van der Waals surface area contributed by atoms with Gasteiger partial charge in [0.15, 0.2) is 5.16 Å². The third-order valence-corrected chi connectivity index (χ3v) is 6.92. The van der Waals surface area contributed by atoms with Crippen LogP contribution in [-0.2, 0) is 18.8 Å². The first-order valence-electron chi connectivity index (χ1n) is 11.7. The molecule has 5 rings (SSSR count). The van der Waals surface area contributed by atoms with E-state index in [0.717, 1.165) is 38.8 Å². The zero-order chi connectivity index (χ0) is 24.7. The monoisotopic (exact) mass is 494 g/mol. The van der Waals surface area contributed by atoms with E-state index >= 15 is 0 Å². The number of hydrogen-bond donors (Lipinski definition) is 1. The van der Waals surface area contributed by atoms with Gasteiger partial charge in [0.05, 0.1) is 30.9 Å². The molecule has 7 heteroatoms. The minimum absolute atomic E-state index is 0.0859. The fraction of sp³-hybridized carbons (Fsp3) is 0.138. The lowest BCUT2D eigenvalue weighted by Gasteiger charge is -2.11. The van der Waals surface area contributed by atoms with Crippen LogP contribution in [0.1, 0.15) is 27.0 Å². The van der Waals surface area contributed by atoms with Crippen LogP contribution < -0.4 is 10.1 Å². The molecule has 0 fully saturated rings. The van der Waals surface area contributed by atoms with Crippen LogP contribution >= 0.6 is 11.8 Å². The summed E-state index contributed by atoms with van der Waals surface area (Å²) in [5, 5.41) is 3.90. The standard InChI is InChI=1S/C29H26N4O2S/c1-35-25-9-5-8-23(16-25)20-36-29-32-26-14-15-30-18-27(26)33(29)19-22-10-12-24(13-11-22)28(34)31-17-21-6-3-2-4-7-21/h2-16,18H,17,19-20H2,1H3,(H,31,34). The number of amides is 1. The van der Waals surface area contributed by atoms with E-state index in [-0.39, 0.29) is 5.91 Å². The van der Waals surface area contributed by atoms with Gasteiger partial charge in [-0.2, -0.15) is 0 Å². The smallest absolute Gasteiger partial charge is 0.251 e. The third kappa shape index (κ3) is 5.58. The Hall–Kier alpha value is -4.10. The van der Waals surface area contributed by atoms with Crippen molar-refractivity contribution in [3.05, 3.63) is 120 Å². The number of imidazole rings is 1. The molecule has 1 amide bonds. The number of nitrogens with one attached hydrogen (secondary N) is 1. The number of nitrogens with zero attached hydrogens (tertiary/aromatic N) is 3. The molecule has 0 unspecified atom stereocenters. The Labute approximate surface area is 214 Å². The van der Waals surface area contributed by atoms with Crippen LogP contribution in [0.25, 0.3) is 11.0 Å². The molecule has 0 bridgehead atoms. The van der Waals surface area contributed by atoms with Crippen LogP contribution in [0.15, 0.2) is 102 Å². The molecule has 180 valence electrons. The molecule has 5 aromatic rings. The van der Waals surface area contributed by atoms with Crippen molar-refractivity contribution in [2.75, 3.05) is 7.11 Å². The molecule has 0 saturated heterocycles. The number of thioether (sulfide) groups is 1. The number of carbonyl (C=O) groups excluding carboxylic acids is 1. The van der Waals surface area contributed by atoms with Gasteiger partial charge >= 0.3 is 0 Å². The molecule has 0 radical (unpaired) electrons. The van der Waals surface area contributed by atoms with Gasteiger partial charge in [0.1, 0.15) is 5.75 Å². The minimum Gasteiger partial charge on any atom is -0.497 e. The van der Waals surface area contributed by atoms with Gasteiger partial charge in [-0.3, -0.25) is 9.78 Å². The predicted octanol–water partition coefficient (Wildman–Crippen LogP) is 5.71. The van der Waals surface area contributed by atoms with Gasteiger partial charge < -0.3 is 14.6 Å². The normalized spacial score (nSPS) is 10.9. The Kier molecular flexibility index (Phi) is 7.28. The first kappa shape index (κ1) is 23.6. The van der Waals surface area contributed by atoms with Crippen molar-refractivity contribution in [1.82, 2.24) is 19.9 Å². The highest BCUT2D eigenvalue weighted by atomic mass is 32.2. The number of hydrogen-bond acceptors (Lipinski definition) is 5. The largest absolute Gasteiger partial charge is 0.497 e. The van der Waals surface area contributed by atoms with E-state index in [0.29, 0.717) is 18.7 Å². The molecule has 2 heterocycles. The number of rotatable bonds is 9. The van der Waals surface area contributed by atoms with Crippen molar-refractivity contribution in [1.29, 1.82) is 0 Å². The van der Waals surface area contributed by atoms with Gasteiger partial charge in [0, 0.05) is 24.1 Å². The van der Waals surface area contributed by atoms with E-state index in [1.165, 1.54) is 5.56 Å². The van der Waals surface area contributed by atoms with Crippen LogP contribution in [0.2, 0.25) is 0 Å². The van der Waals surface area contributed by atoms with Crippen LogP contribution in [-0.4, -0.2) is 27.6 Å². The van der Waals surface area contributed by atoms with E-state index in [4.69, 9.17) is 9.72 Å². The Bertz CT molecular complexity index is 1470. The molecule has 0 aliphatic heterocycles. The summed E-state index contributed by atoms with van der Waals surface area (Å²) in [6.07, 6.45) is 3.61. The maximum Gasteiger partial charge on any atom is 0.251 e. The van der Waals surface area contributed by atoms with E-state index < -0.39 is 0 Å². The highest BCUT2D eigenvalue weighted by Crippen LogP contribution is 2.28.